The van der Waals surface area contributed by atoms with Crippen LogP contribution in [0.2, 0.25) is 5.02 Å². The lowest BCUT2D eigenvalue weighted by molar-refractivity contribution is -0.114. The van der Waals surface area contributed by atoms with Crippen molar-refractivity contribution in [3.8, 4) is 0 Å². The van der Waals surface area contributed by atoms with Crippen LogP contribution >= 0.6 is 11.6 Å². The molecule has 3 aromatic rings. The maximum atomic E-state index is 13.1. The highest BCUT2D eigenvalue weighted by atomic mass is 35.5. The van der Waals surface area contributed by atoms with E-state index >= 15 is 0 Å². The standard InChI is InChI=1S/C21H17ClFN3O2/c22-17-12-14(23)10-11-19(17)24-13-20(27)26-18-9-5-4-8-16(18)21(28)25-15-6-2-1-3-7-15/h1-12,24H,13H2,(H,25,28)(H,26,27). The number of rotatable bonds is 6. The molecule has 142 valence electrons. The van der Waals surface area contributed by atoms with Crippen molar-refractivity contribution in [2.75, 3.05) is 22.5 Å². The highest BCUT2D eigenvalue weighted by Crippen LogP contribution is 2.22. The fourth-order valence-corrected chi connectivity index (χ4v) is 2.75. The van der Waals surface area contributed by atoms with E-state index in [1.807, 2.05) is 18.2 Å². The van der Waals surface area contributed by atoms with Gasteiger partial charge in [-0.05, 0) is 42.5 Å². The van der Waals surface area contributed by atoms with E-state index in [2.05, 4.69) is 16.0 Å². The van der Waals surface area contributed by atoms with E-state index in [9.17, 15) is 14.0 Å². The summed E-state index contributed by atoms with van der Waals surface area (Å²) in [4.78, 5) is 24.8. The summed E-state index contributed by atoms with van der Waals surface area (Å²) in [5, 5.41) is 8.50. The summed E-state index contributed by atoms with van der Waals surface area (Å²) >= 11 is 5.93. The van der Waals surface area contributed by atoms with Crippen LogP contribution in [-0.2, 0) is 4.79 Å². The molecular weight excluding hydrogens is 381 g/mol. The topological polar surface area (TPSA) is 70.2 Å². The number of amides is 2. The molecule has 0 spiro atoms. The van der Waals surface area contributed by atoms with Gasteiger partial charge < -0.3 is 16.0 Å². The molecule has 0 fully saturated rings. The van der Waals surface area contributed by atoms with Gasteiger partial charge in [0.2, 0.25) is 5.91 Å². The first-order valence-electron chi connectivity index (χ1n) is 8.47. The highest BCUT2D eigenvalue weighted by molar-refractivity contribution is 6.33. The zero-order chi connectivity index (χ0) is 19.9. The third-order valence-corrected chi connectivity index (χ3v) is 4.16. The Morgan fingerprint density at radius 2 is 1.57 bits per heavy atom. The van der Waals surface area contributed by atoms with Crippen LogP contribution in [0.3, 0.4) is 0 Å². The summed E-state index contributed by atoms with van der Waals surface area (Å²) in [6.45, 7) is -0.0972. The van der Waals surface area contributed by atoms with Gasteiger partial charge in [-0.2, -0.15) is 0 Å². The molecule has 0 aromatic heterocycles. The van der Waals surface area contributed by atoms with E-state index in [-0.39, 0.29) is 23.4 Å². The normalized spacial score (nSPS) is 10.2. The van der Waals surface area contributed by atoms with Crippen molar-refractivity contribution in [1.29, 1.82) is 0 Å². The van der Waals surface area contributed by atoms with Crippen molar-refractivity contribution in [3.05, 3.63) is 89.2 Å². The van der Waals surface area contributed by atoms with Gasteiger partial charge in [-0.15, -0.1) is 0 Å². The third kappa shape index (κ3) is 5.08. The Bertz CT molecular complexity index is 996. The van der Waals surface area contributed by atoms with E-state index < -0.39 is 5.82 Å². The van der Waals surface area contributed by atoms with Gasteiger partial charge in [0.25, 0.3) is 5.91 Å². The van der Waals surface area contributed by atoms with E-state index in [1.165, 1.54) is 12.1 Å². The largest absolute Gasteiger partial charge is 0.375 e. The minimum absolute atomic E-state index is 0.0972. The Hall–Kier alpha value is -3.38. The Labute approximate surface area is 166 Å². The second-order valence-corrected chi connectivity index (χ2v) is 6.30. The van der Waals surface area contributed by atoms with Crippen molar-refractivity contribution < 1.29 is 14.0 Å². The monoisotopic (exact) mass is 397 g/mol. The second kappa shape index (κ2) is 9.01. The Morgan fingerprint density at radius 1 is 0.857 bits per heavy atom. The highest BCUT2D eigenvalue weighted by Gasteiger charge is 2.13. The van der Waals surface area contributed by atoms with Crippen LogP contribution in [0.15, 0.2) is 72.8 Å². The molecule has 0 saturated heterocycles. The van der Waals surface area contributed by atoms with Crippen LogP contribution in [0.4, 0.5) is 21.5 Å². The lowest BCUT2D eigenvalue weighted by Crippen LogP contribution is -2.24. The van der Waals surface area contributed by atoms with Gasteiger partial charge in [0.15, 0.2) is 0 Å². The summed E-state index contributed by atoms with van der Waals surface area (Å²) in [6.07, 6.45) is 0. The molecule has 0 atom stereocenters. The molecule has 0 radical (unpaired) electrons. The smallest absolute Gasteiger partial charge is 0.257 e. The fourth-order valence-electron chi connectivity index (χ4n) is 2.51. The maximum Gasteiger partial charge on any atom is 0.257 e. The number of hydrogen-bond donors (Lipinski definition) is 3. The van der Waals surface area contributed by atoms with Crippen LogP contribution in [0, 0.1) is 5.82 Å². The number of anilines is 3. The molecule has 0 unspecified atom stereocenters. The van der Waals surface area contributed by atoms with Crippen LogP contribution in [0.5, 0.6) is 0 Å². The summed E-state index contributed by atoms with van der Waals surface area (Å²) in [7, 11) is 0. The molecule has 0 heterocycles. The molecule has 7 heteroatoms. The van der Waals surface area contributed by atoms with Gasteiger partial charge in [-0.1, -0.05) is 41.9 Å². The molecule has 28 heavy (non-hydrogen) atoms. The molecule has 5 nitrogen and oxygen atoms in total. The third-order valence-electron chi connectivity index (χ3n) is 3.85. The predicted molar refractivity (Wildman–Crippen MR) is 109 cm³/mol. The number of para-hydroxylation sites is 2. The maximum absolute atomic E-state index is 13.1. The lowest BCUT2D eigenvalue weighted by atomic mass is 10.1. The fraction of sp³-hybridized carbons (Fsp3) is 0.0476. The predicted octanol–water partition coefficient (Wildman–Crippen LogP) is 4.78. The van der Waals surface area contributed by atoms with Crippen molar-refractivity contribution in [3.63, 3.8) is 0 Å². The van der Waals surface area contributed by atoms with Crippen LogP contribution in [0.1, 0.15) is 10.4 Å². The molecule has 0 aliphatic rings. The minimum Gasteiger partial charge on any atom is -0.375 e. The summed E-state index contributed by atoms with van der Waals surface area (Å²) in [5.41, 5.74) is 1.81. The molecular formula is C21H17ClFN3O2. The Balaban J connectivity index is 1.65. The molecule has 0 aliphatic heterocycles. The lowest BCUT2D eigenvalue weighted by Gasteiger charge is -2.13. The Kier molecular flexibility index (Phi) is 6.24. The molecule has 3 N–H and O–H groups in total. The number of halogens is 2. The summed E-state index contributed by atoms with van der Waals surface area (Å²) in [6, 6.07) is 19.6. The molecule has 0 aliphatic carbocycles. The van der Waals surface area contributed by atoms with E-state index in [0.29, 0.717) is 22.6 Å². The van der Waals surface area contributed by atoms with Gasteiger partial charge in [0.1, 0.15) is 5.82 Å². The first-order chi connectivity index (χ1) is 13.5. The second-order valence-electron chi connectivity index (χ2n) is 5.89. The zero-order valence-electron chi connectivity index (χ0n) is 14.7. The number of carbonyl (C=O) groups excluding carboxylic acids is 2. The molecule has 3 aromatic carbocycles. The van der Waals surface area contributed by atoms with E-state index in [1.54, 1.807) is 36.4 Å². The summed E-state index contributed by atoms with van der Waals surface area (Å²) in [5.74, 6) is -1.17. The van der Waals surface area contributed by atoms with Gasteiger partial charge in [0.05, 0.1) is 28.5 Å². The Morgan fingerprint density at radius 3 is 2.32 bits per heavy atom. The van der Waals surface area contributed by atoms with Gasteiger partial charge in [0, 0.05) is 5.69 Å². The average molecular weight is 398 g/mol. The summed E-state index contributed by atoms with van der Waals surface area (Å²) < 4.78 is 13.1. The van der Waals surface area contributed by atoms with Crippen molar-refractivity contribution in [2.24, 2.45) is 0 Å². The molecule has 0 bridgehead atoms. The SMILES string of the molecule is O=C(CNc1ccc(F)cc1Cl)Nc1ccccc1C(=O)Nc1ccccc1. The number of carbonyl (C=O) groups is 2. The number of nitrogens with one attached hydrogen (secondary N) is 3. The quantitative estimate of drug-likeness (QED) is 0.560. The number of hydrogen-bond acceptors (Lipinski definition) is 3. The molecule has 2 amide bonds. The number of benzene rings is 3. The van der Waals surface area contributed by atoms with Crippen molar-refractivity contribution in [1.82, 2.24) is 0 Å². The van der Waals surface area contributed by atoms with E-state index in [0.717, 1.165) is 6.07 Å². The molecule has 3 rings (SSSR count). The van der Waals surface area contributed by atoms with Crippen LogP contribution in [-0.4, -0.2) is 18.4 Å². The van der Waals surface area contributed by atoms with Gasteiger partial charge >= 0.3 is 0 Å². The average Bonchev–Trinajstić information content (AvgIpc) is 2.68. The minimum atomic E-state index is -0.460. The van der Waals surface area contributed by atoms with Crippen molar-refractivity contribution >= 4 is 40.5 Å². The first-order valence-corrected chi connectivity index (χ1v) is 8.85. The van der Waals surface area contributed by atoms with Crippen molar-refractivity contribution in [2.45, 2.75) is 0 Å². The van der Waals surface area contributed by atoms with Gasteiger partial charge in [-0.3, -0.25) is 9.59 Å². The van der Waals surface area contributed by atoms with Gasteiger partial charge in [-0.25, -0.2) is 4.39 Å². The molecule has 0 saturated carbocycles. The van der Waals surface area contributed by atoms with Crippen LogP contribution in [0.25, 0.3) is 0 Å². The first kappa shape index (κ1) is 19.4. The van der Waals surface area contributed by atoms with Crippen LogP contribution < -0.4 is 16.0 Å². The zero-order valence-corrected chi connectivity index (χ0v) is 15.5. The van der Waals surface area contributed by atoms with E-state index in [4.69, 9.17) is 11.6 Å².